The minimum atomic E-state index is 0.433. The van der Waals surface area contributed by atoms with Gasteiger partial charge in [0.1, 0.15) is 0 Å². The van der Waals surface area contributed by atoms with Gasteiger partial charge in [-0.15, -0.1) is 11.3 Å². The van der Waals surface area contributed by atoms with Crippen LogP contribution in [0.1, 0.15) is 26.8 Å². The molecule has 1 aromatic carbocycles. The van der Waals surface area contributed by atoms with Gasteiger partial charge in [-0.25, -0.2) is 0 Å². The highest BCUT2D eigenvalue weighted by atomic mass is 35.5. The maximum absolute atomic E-state index is 5.98. The molecule has 0 amide bonds. The first-order valence-electron chi connectivity index (χ1n) is 6.43. The van der Waals surface area contributed by atoms with Gasteiger partial charge in [0, 0.05) is 40.3 Å². The van der Waals surface area contributed by atoms with Gasteiger partial charge in [-0.1, -0.05) is 23.7 Å². The first kappa shape index (κ1) is 13.1. The Hall–Kier alpha value is -0.870. The van der Waals surface area contributed by atoms with Crippen LogP contribution in [0.4, 0.5) is 0 Å². The van der Waals surface area contributed by atoms with Crippen LogP contribution in [0.2, 0.25) is 5.02 Å². The number of benzene rings is 1. The summed E-state index contributed by atoms with van der Waals surface area (Å²) in [6, 6.07) is 10.5. The van der Waals surface area contributed by atoms with E-state index >= 15 is 0 Å². The minimum Gasteiger partial charge on any atom is -0.326 e. The van der Waals surface area contributed by atoms with Gasteiger partial charge in [0.25, 0.3) is 0 Å². The normalized spacial score (nSPS) is 19.4. The van der Waals surface area contributed by atoms with Crippen molar-refractivity contribution in [3.63, 3.8) is 0 Å². The molecule has 2 N–H and O–H groups in total. The number of thiophene rings is 1. The van der Waals surface area contributed by atoms with Crippen LogP contribution in [-0.2, 0) is 13.1 Å². The fourth-order valence-electron chi connectivity index (χ4n) is 2.72. The van der Waals surface area contributed by atoms with Gasteiger partial charge >= 0.3 is 0 Å². The molecule has 1 aromatic heterocycles. The van der Waals surface area contributed by atoms with Gasteiger partial charge in [-0.3, -0.25) is 0 Å². The molecule has 0 saturated heterocycles. The topological polar surface area (TPSA) is 29.3 Å². The Kier molecular flexibility index (Phi) is 3.63. The van der Waals surface area contributed by atoms with E-state index in [1.54, 1.807) is 0 Å². The van der Waals surface area contributed by atoms with Crippen molar-refractivity contribution in [3.8, 4) is 0 Å². The first-order valence-corrected chi connectivity index (χ1v) is 7.62. The summed E-state index contributed by atoms with van der Waals surface area (Å²) in [6.45, 7) is 2.72. The molecule has 1 aliphatic heterocycles. The van der Waals surface area contributed by atoms with Crippen LogP contribution in [0.25, 0.3) is 0 Å². The van der Waals surface area contributed by atoms with Crippen molar-refractivity contribution in [1.29, 1.82) is 0 Å². The molecule has 2 heterocycles. The number of likely N-dealkylation sites (N-methyl/N-ethyl adjacent to an activating group) is 1. The lowest BCUT2D eigenvalue weighted by atomic mass is 9.88. The number of fused-ring (bicyclic) bond motifs is 1. The smallest absolute Gasteiger partial charge is 0.0406 e. The van der Waals surface area contributed by atoms with Crippen molar-refractivity contribution in [1.82, 2.24) is 4.90 Å². The van der Waals surface area contributed by atoms with E-state index in [4.69, 9.17) is 17.3 Å². The number of hydrogen-bond donors (Lipinski definition) is 1. The molecule has 4 heteroatoms. The Morgan fingerprint density at radius 3 is 2.79 bits per heavy atom. The predicted molar refractivity (Wildman–Crippen MR) is 81.8 cm³/mol. The van der Waals surface area contributed by atoms with E-state index in [9.17, 15) is 0 Å². The zero-order valence-corrected chi connectivity index (χ0v) is 12.5. The molecule has 19 heavy (non-hydrogen) atoms. The first-order chi connectivity index (χ1) is 9.17. The second kappa shape index (κ2) is 5.25. The fraction of sp³-hybridized carbons (Fsp3) is 0.333. The van der Waals surface area contributed by atoms with Crippen LogP contribution < -0.4 is 5.73 Å². The van der Waals surface area contributed by atoms with Crippen molar-refractivity contribution in [2.75, 3.05) is 13.6 Å². The quantitative estimate of drug-likeness (QED) is 0.919. The SMILES string of the molecule is CN1Cc2sc(CN)cc2C(c2ccc(Cl)cc2)C1. The van der Waals surface area contributed by atoms with E-state index < -0.39 is 0 Å². The largest absolute Gasteiger partial charge is 0.326 e. The molecule has 100 valence electrons. The van der Waals surface area contributed by atoms with Crippen LogP contribution in [0.15, 0.2) is 30.3 Å². The Labute approximate surface area is 122 Å². The summed E-state index contributed by atoms with van der Waals surface area (Å²) in [5.41, 5.74) is 8.56. The lowest BCUT2D eigenvalue weighted by Gasteiger charge is -2.30. The Morgan fingerprint density at radius 1 is 1.37 bits per heavy atom. The van der Waals surface area contributed by atoms with Crippen LogP contribution in [0.3, 0.4) is 0 Å². The molecule has 2 nitrogen and oxygen atoms in total. The predicted octanol–water partition coefficient (Wildman–Crippen LogP) is 3.44. The molecule has 0 fully saturated rings. The van der Waals surface area contributed by atoms with Crippen LogP contribution in [-0.4, -0.2) is 18.5 Å². The highest BCUT2D eigenvalue weighted by molar-refractivity contribution is 7.12. The molecule has 1 atom stereocenters. The second-order valence-corrected chi connectivity index (χ2v) is 6.75. The number of rotatable bonds is 2. The molecule has 0 aliphatic carbocycles. The number of nitrogens with two attached hydrogens (primary N) is 1. The number of hydrogen-bond acceptors (Lipinski definition) is 3. The van der Waals surface area contributed by atoms with E-state index in [-0.39, 0.29) is 0 Å². The third-order valence-corrected chi connectivity index (χ3v) is 5.06. The highest BCUT2D eigenvalue weighted by Gasteiger charge is 2.26. The maximum Gasteiger partial charge on any atom is 0.0406 e. The Morgan fingerprint density at radius 2 is 2.11 bits per heavy atom. The van der Waals surface area contributed by atoms with Gasteiger partial charge in [0.15, 0.2) is 0 Å². The molecular weight excluding hydrogens is 276 g/mol. The molecule has 0 radical (unpaired) electrons. The lowest BCUT2D eigenvalue weighted by Crippen LogP contribution is -2.29. The van der Waals surface area contributed by atoms with Crippen LogP contribution in [0, 0.1) is 0 Å². The Balaban J connectivity index is 2.02. The summed E-state index contributed by atoms with van der Waals surface area (Å²) in [7, 11) is 2.17. The molecule has 1 unspecified atom stereocenters. The monoisotopic (exact) mass is 292 g/mol. The summed E-state index contributed by atoms with van der Waals surface area (Å²) < 4.78 is 0. The fourth-order valence-corrected chi connectivity index (χ4v) is 4.04. The molecule has 0 saturated carbocycles. The summed E-state index contributed by atoms with van der Waals surface area (Å²) >= 11 is 7.83. The van der Waals surface area contributed by atoms with Crippen molar-refractivity contribution < 1.29 is 0 Å². The van der Waals surface area contributed by atoms with E-state index in [1.807, 2.05) is 23.5 Å². The average Bonchev–Trinajstić information content (AvgIpc) is 2.81. The molecular formula is C15H17ClN2S. The third kappa shape index (κ3) is 2.56. The Bertz CT molecular complexity index is 576. The molecule has 3 rings (SSSR count). The van der Waals surface area contributed by atoms with Crippen molar-refractivity contribution in [3.05, 3.63) is 56.2 Å². The average molecular weight is 293 g/mol. The standard InChI is InChI=1S/C15H17ClN2S/c1-18-8-14(10-2-4-11(16)5-3-10)13-6-12(7-17)19-15(13)9-18/h2-6,14H,7-9,17H2,1H3. The molecule has 1 aliphatic rings. The van der Waals surface area contributed by atoms with E-state index in [2.05, 4.69) is 30.1 Å². The minimum absolute atomic E-state index is 0.433. The summed E-state index contributed by atoms with van der Waals surface area (Å²) in [5.74, 6) is 0.433. The van der Waals surface area contributed by atoms with Gasteiger partial charge in [-0.2, -0.15) is 0 Å². The van der Waals surface area contributed by atoms with Crippen molar-refractivity contribution in [2.24, 2.45) is 5.73 Å². The zero-order valence-electron chi connectivity index (χ0n) is 10.9. The number of halogens is 1. The maximum atomic E-state index is 5.98. The van der Waals surface area contributed by atoms with Crippen molar-refractivity contribution in [2.45, 2.75) is 19.0 Å². The van der Waals surface area contributed by atoms with Gasteiger partial charge < -0.3 is 10.6 Å². The zero-order chi connectivity index (χ0) is 13.4. The van der Waals surface area contributed by atoms with E-state index in [1.165, 1.54) is 20.9 Å². The summed E-state index contributed by atoms with van der Waals surface area (Å²) in [5, 5.41) is 0.793. The van der Waals surface area contributed by atoms with Gasteiger partial charge in [0.05, 0.1) is 0 Å². The van der Waals surface area contributed by atoms with E-state index in [0.29, 0.717) is 12.5 Å². The summed E-state index contributed by atoms with van der Waals surface area (Å²) in [4.78, 5) is 5.10. The summed E-state index contributed by atoms with van der Waals surface area (Å²) in [6.07, 6.45) is 0. The third-order valence-electron chi connectivity index (χ3n) is 3.65. The van der Waals surface area contributed by atoms with E-state index in [0.717, 1.165) is 18.1 Å². The van der Waals surface area contributed by atoms with Crippen LogP contribution in [0.5, 0.6) is 0 Å². The van der Waals surface area contributed by atoms with Gasteiger partial charge in [-0.05, 0) is 36.4 Å². The molecule has 0 spiro atoms. The second-order valence-electron chi connectivity index (χ2n) is 5.10. The highest BCUT2D eigenvalue weighted by Crippen LogP contribution is 2.38. The lowest BCUT2D eigenvalue weighted by molar-refractivity contribution is 0.299. The molecule has 2 aromatic rings. The number of nitrogens with zero attached hydrogens (tertiary/aromatic N) is 1. The van der Waals surface area contributed by atoms with Crippen molar-refractivity contribution >= 4 is 22.9 Å². The van der Waals surface area contributed by atoms with Gasteiger partial charge in [0.2, 0.25) is 0 Å². The van der Waals surface area contributed by atoms with Crippen LogP contribution >= 0.6 is 22.9 Å². The molecule has 0 bridgehead atoms.